The van der Waals surface area contributed by atoms with Gasteiger partial charge in [-0.25, -0.2) is 9.78 Å². The molecule has 4 rings (SSSR count). The van der Waals surface area contributed by atoms with E-state index in [2.05, 4.69) is 35.3 Å². The first-order chi connectivity index (χ1) is 13.5. The Hall–Kier alpha value is -2.73. The number of rotatable bonds is 5. The van der Waals surface area contributed by atoms with Crippen LogP contribution in [-0.2, 0) is 22.4 Å². The Morgan fingerprint density at radius 3 is 2.82 bits per heavy atom. The lowest BCUT2D eigenvalue weighted by molar-refractivity contribution is -0.147. The summed E-state index contributed by atoms with van der Waals surface area (Å²) in [5, 5.41) is 12.7. The first kappa shape index (κ1) is 18.6. The first-order valence-corrected chi connectivity index (χ1v) is 10.3. The van der Waals surface area contributed by atoms with Crippen LogP contribution in [0.2, 0.25) is 0 Å². The van der Waals surface area contributed by atoms with Crippen LogP contribution in [0.25, 0.3) is 10.8 Å². The van der Waals surface area contributed by atoms with Gasteiger partial charge in [0, 0.05) is 17.8 Å². The first-order valence-electron chi connectivity index (χ1n) is 9.47. The highest BCUT2D eigenvalue weighted by molar-refractivity contribution is 7.11. The van der Waals surface area contributed by atoms with Crippen LogP contribution < -0.4 is 0 Å². The number of nitrogens with zero attached hydrogens (tertiary/aromatic N) is 2. The van der Waals surface area contributed by atoms with E-state index >= 15 is 0 Å². The van der Waals surface area contributed by atoms with E-state index in [1.54, 1.807) is 11.3 Å². The van der Waals surface area contributed by atoms with Crippen LogP contribution in [0.1, 0.15) is 34.0 Å². The molecule has 1 fully saturated rings. The van der Waals surface area contributed by atoms with Crippen molar-refractivity contribution in [2.45, 2.75) is 38.6 Å². The summed E-state index contributed by atoms with van der Waals surface area (Å²) in [6.07, 6.45) is 2.23. The van der Waals surface area contributed by atoms with Gasteiger partial charge in [0.15, 0.2) is 0 Å². The number of carbonyl (C=O) groups excluding carboxylic acids is 1. The average molecular weight is 394 g/mol. The minimum atomic E-state index is -0.913. The molecule has 1 atom stereocenters. The third-order valence-electron chi connectivity index (χ3n) is 5.33. The predicted octanol–water partition coefficient (Wildman–Crippen LogP) is 3.81. The molecule has 6 heteroatoms. The largest absolute Gasteiger partial charge is 0.480 e. The molecule has 144 valence electrons. The van der Waals surface area contributed by atoms with Gasteiger partial charge in [0.2, 0.25) is 5.91 Å². The van der Waals surface area contributed by atoms with E-state index in [9.17, 15) is 14.7 Å². The summed E-state index contributed by atoms with van der Waals surface area (Å²) in [5.74, 6) is -1.03. The van der Waals surface area contributed by atoms with Crippen molar-refractivity contribution in [3.63, 3.8) is 0 Å². The second-order valence-corrected chi connectivity index (χ2v) is 8.36. The number of likely N-dealkylation sites (tertiary alicyclic amines) is 1. The Balaban J connectivity index is 1.52. The monoisotopic (exact) mass is 394 g/mol. The molecule has 3 aromatic rings. The normalized spacial score (nSPS) is 16.6. The minimum absolute atomic E-state index is 0.117. The Morgan fingerprint density at radius 2 is 2.00 bits per heavy atom. The number of fused-ring (bicyclic) bond motifs is 1. The fraction of sp³-hybridized carbons (Fsp3) is 0.318. The lowest BCUT2D eigenvalue weighted by Gasteiger charge is -2.21. The third-order valence-corrected chi connectivity index (χ3v) is 6.49. The molecule has 0 aliphatic carbocycles. The number of amides is 1. The van der Waals surface area contributed by atoms with Gasteiger partial charge < -0.3 is 10.0 Å². The van der Waals surface area contributed by atoms with Crippen LogP contribution in [0, 0.1) is 6.92 Å². The number of aromatic nitrogens is 1. The van der Waals surface area contributed by atoms with Gasteiger partial charge >= 0.3 is 5.97 Å². The molecular formula is C22H22N2O3S. The van der Waals surface area contributed by atoms with E-state index < -0.39 is 12.0 Å². The van der Waals surface area contributed by atoms with Crippen molar-refractivity contribution in [2.75, 3.05) is 6.54 Å². The molecule has 1 N–H and O–H groups in total. The summed E-state index contributed by atoms with van der Waals surface area (Å²) in [4.78, 5) is 31.1. The lowest BCUT2D eigenvalue weighted by Crippen LogP contribution is -2.41. The van der Waals surface area contributed by atoms with Crippen molar-refractivity contribution in [1.29, 1.82) is 0 Å². The van der Waals surface area contributed by atoms with Gasteiger partial charge in [0.1, 0.15) is 6.04 Å². The van der Waals surface area contributed by atoms with E-state index in [-0.39, 0.29) is 12.3 Å². The van der Waals surface area contributed by atoms with E-state index in [0.717, 1.165) is 28.4 Å². The van der Waals surface area contributed by atoms with E-state index in [1.807, 2.05) is 19.1 Å². The van der Waals surface area contributed by atoms with Gasteiger partial charge in [-0.2, -0.15) is 0 Å². The number of carboxylic acids is 1. The van der Waals surface area contributed by atoms with Crippen LogP contribution in [-0.4, -0.2) is 39.5 Å². The molecule has 1 aliphatic rings. The standard InChI is InChI=1S/C22H22N2O3S/c1-14-19(13-21(25)24-11-5-10-18(24)22(26)27)28-20(23-14)12-16-8-4-7-15-6-2-3-9-17(15)16/h2-4,6-9,18H,5,10-13H2,1H3,(H,26,27). The summed E-state index contributed by atoms with van der Waals surface area (Å²) in [5.41, 5.74) is 2.08. The molecule has 5 nitrogen and oxygen atoms in total. The molecular weight excluding hydrogens is 372 g/mol. The highest BCUT2D eigenvalue weighted by Crippen LogP contribution is 2.27. The van der Waals surface area contributed by atoms with Gasteiger partial charge in [0.05, 0.1) is 17.1 Å². The number of aliphatic carboxylic acids is 1. The maximum absolute atomic E-state index is 12.7. The number of thiazole rings is 1. The molecule has 1 unspecified atom stereocenters. The smallest absolute Gasteiger partial charge is 0.326 e. The Bertz CT molecular complexity index is 1040. The van der Waals surface area contributed by atoms with Crippen LogP contribution in [0.3, 0.4) is 0 Å². The quantitative estimate of drug-likeness (QED) is 0.714. The summed E-state index contributed by atoms with van der Waals surface area (Å²) >= 11 is 1.55. The number of carbonyl (C=O) groups is 2. The van der Waals surface area contributed by atoms with Gasteiger partial charge in [-0.05, 0) is 36.1 Å². The van der Waals surface area contributed by atoms with E-state index in [4.69, 9.17) is 0 Å². The molecule has 1 aromatic heterocycles. The lowest BCUT2D eigenvalue weighted by atomic mass is 10.0. The fourth-order valence-electron chi connectivity index (χ4n) is 3.90. The molecule has 0 saturated carbocycles. The zero-order valence-electron chi connectivity index (χ0n) is 15.7. The molecule has 0 radical (unpaired) electrons. The minimum Gasteiger partial charge on any atom is -0.480 e. The van der Waals surface area contributed by atoms with Crippen molar-refractivity contribution < 1.29 is 14.7 Å². The third kappa shape index (κ3) is 3.64. The number of hydrogen-bond donors (Lipinski definition) is 1. The molecule has 28 heavy (non-hydrogen) atoms. The molecule has 0 spiro atoms. The second-order valence-electron chi connectivity index (χ2n) is 7.19. The van der Waals surface area contributed by atoms with Crippen LogP contribution >= 0.6 is 11.3 Å². The van der Waals surface area contributed by atoms with Gasteiger partial charge in [-0.3, -0.25) is 4.79 Å². The number of benzene rings is 2. The van der Waals surface area contributed by atoms with Gasteiger partial charge in [0.25, 0.3) is 0 Å². The van der Waals surface area contributed by atoms with Crippen molar-refractivity contribution in [3.8, 4) is 0 Å². The van der Waals surface area contributed by atoms with Gasteiger partial charge in [-0.1, -0.05) is 42.5 Å². The second kappa shape index (κ2) is 7.72. The van der Waals surface area contributed by atoms with Crippen molar-refractivity contribution in [2.24, 2.45) is 0 Å². The Morgan fingerprint density at radius 1 is 1.21 bits per heavy atom. The SMILES string of the molecule is Cc1nc(Cc2cccc3ccccc23)sc1CC(=O)N1CCCC1C(=O)O. The zero-order chi connectivity index (χ0) is 19.7. The van der Waals surface area contributed by atoms with E-state index in [0.29, 0.717) is 13.0 Å². The average Bonchev–Trinajstić information content (AvgIpc) is 3.29. The van der Waals surface area contributed by atoms with Crippen LogP contribution in [0.5, 0.6) is 0 Å². The molecule has 1 amide bonds. The van der Waals surface area contributed by atoms with Crippen molar-refractivity contribution in [3.05, 3.63) is 63.6 Å². The van der Waals surface area contributed by atoms with Crippen LogP contribution in [0.15, 0.2) is 42.5 Å². The highest BCUT2D eigenvalue weighted by atomic mass is 32.1. The molecule has 2 aromatic carbocycles. The van der Waals surface area contributed by atoms with Crippen molar-refractivity contribution >= 4 is 34.0 Å². The van der Waals surface area contributed by atoms with Crippen LogP contribution in [0.4, 0.5) is 0 Å². The van der Waals surface area contributed by atoms with Gasteiger partial charge in [-0.15, -0.1) is 11.3 Å². The predicted molar refractivity (Wildman–Crippen MR) is 110 cm³/mol. The summed E-state index contributed by atoms with van der Waals surface area (Å²) in [6, 6.07) is 13.9. The molecule has 1 saturated heterocycles. The highest BCUT2D eigenvalue weighted by Gasteiger charge is 2.34. The maximum atomic E-state index is 12.7. The molecule has 0 bridgehead atoms. The maximum Gasteiger partial charge on any atom is 0.326 e. The number of carboxylic acid groups (broad SMARTS) is 1. The number of hydrogen-bond acceptors (Lipinski definition) is 4. The molecule has 1 aliphatic heterocycles. The summed E-state index contributed by atoms with van der Waals surface area (Å²) in [7, 11) is 0. The summed E-state index contributed by atoms with van der Waals surface area (Å²) < 4.78 is 0. The number of aryl methyl sites for hydroxylation is 1. The Labute approximate surface area is 167 Å². The molecule has 2 heterocycles. The topological polar surface area (TPSA) is 70.5 Å². The zero-order valence-corrected chi connectivity index (χ0v) is 16.5. The summed E-state index contributed by atoms with van der Waals surface area (Å²) in [6.45, 7) is 2.45. The fourth-order valence-corrected chi connectivity index (χ4v) is 4.98. The Kier molecular flexibility index (Phi) is 5.13. The van der Waals surface area contributed by atoms with Crippen molar-refractivity contribution in [1.82, 2.24) is 9.88 Å². The van der Waals surface area contributed by atoms with E-state index in [1.165, 1.54) is 21.2 Å².